The van der Waals surface area contributed by atoms with Crippen LogP contribution in [0.4, 0.5) is 5.69 Å². The van der Waals surface area contributed by atoms with Gasteiger partial charge in [-0.25, -0.2) is 4.79 Å². The van der Waals surface area contributed by atoms with Crippen LogP contribution >= 0.6 is 11.6 Å². The zero-order valence-electron chi connectivity index (χ0n) is 7.71. The first-order valence-corrected chi connectivity index (χ1v) is 4.82. The van der Waals surface area contributed by atoms with Gasteiger partial charge in [-0.3, -0.25) is 4.79 Å². The predicted molar refractivity (Wildman–Crippen MR) is 55.8 cm³/mol. The van der Waals surface area contributed by atoms with E-state index in [1.165, 1.54) is 12.1 Å². The molecule has 2 N–H and O–H groups in total. The van der Waals surface area contributed by atoms with Crippen molar-refractivity contribution in [1.29, 1.82) is 0 Å². The van der Waals surface area contributed by atoms with Gasteiger partial charge < -0.3 is 10.4 Å². The minimum absolute atomic E-state index is 0.0856. The van der Waals surface area contributed by atoms with Crippen LogP contribution in [0.15, 0.2) is 12.1 Å². The molecule has 1 aliphatic heterocycles. The molecule has 0 saturated carbocycles. The van der Waals surface area contributed by atoms with E-state index in [1.54, 1.807) is 0 Å². The Morgan fingerprint density at radius 2 is 2.20 bits per heavy atom. The lowest BCUT2D eigenvalue weighted by atomic mass is 9.98. The molecule has 0 aliphatic carbocycles. The number of anilines is 1. The fraction of sp³-hybridized carbons (Fsp3) is 0.200. The molecule has 1 aromatic carbocycles. The standard InChI is InChI=1S/C10H8ClNO3/c11-6-2-1-5(10(14)15)9-8(6)7(13)3-4-12-9/h1-2,12H,3-4H2,(H,14,15). The molecular weight excluding hydrogens is 218 g/mol. The van der Waals surface area contributed by atoms with Gasteiger partial charge in [-0.1, -0.05) is 11.6 Å². The number of aromatic carboxylic acids is 1. The lowest BCUT2D eigenvalue weighted by Crippen LogP contribution is -2.21. The predicted octanol–water partition coefficient (Wildman–Crippen LogP) is 2.04. The topological polar surface area (TPSA) is 66.4 Å². The van der Waals surface area contributed by atoms with Crippen LogP contribution in [0, 0.1) is 0 Å². The maximum Gasteiger partial charge on any atom is 0.337 e. The van der Waals surface area contributed by atoms with Crippen molar-refractivity contribution in [2.24, 2.45) is 0 Å². The molecule has 0 aromatic heterocycles. The van der Waals surface area contributed by atoms with Crippen molar-refractivity contribution in [3.05, 3.63) is 28.3 Å². The van der Waals surface area contributed by atoms with Crippen LogP contribution in [0.2, 0.25) is 5.02 Å². The second kappa shape index (κ2) is 3.55. The van der Waals surface area contributed by atoms with E-state index >= 15 is 0 Å². The fourth-order valence-corrected chi connectivity index (χ4v) is 1.90. The number of ketones is 1. The number of benzene rings is 1. The van der Waals surface area contributed by atoms with Crippen LogP contribution in [0.5, 0.6) is 0 Å². The van der Waals surface area contributed by atoms with E-state index < -0.39 is 5.97 Å². The van der Waals surface area contributed by atoms with Gasteiger partial charge in [-0.15, -0.1) is 0 Å². The zero-order chi connectivity index (χ0) is 11.0. The quantitative estimate of drug-likeness (QED) is 0.768. The molecule has 1 aliphatic rings. The number of carboxylic acids is 1. The number of carboxylic acid groups (broad SMARTS) is 1. The van der Waals surface area contributed by atoms with Crippen molar-refractivity contribution < 1.29 is 14.7 Å². The number of Topliss-reactive ketones (excluding diaryl/α,β-unsaturated/α-hetero) is 1. The number of carbonyl (C=O) groups is 2. The van der Waals surface area contributed by atoms with Crippen LogP contribution < -0.4 is 5.32 Å². The molecule has 0 amide bonds. The van der Waals surface area contributed by atoms with Gasteiger partial charge in [-0.05, 0) is 12.1 Å². The first kappa shape index (κ1) is 9.98. The van der Waals surface area contributed by atoms with E-state index in [-0.39, 0.29) is 11.3 Å². The van der Waals surface area contributed by atoms with E-state index in [0.29, 0.717) is 29.2 Å². The third-order valence-electron chi connectivity index (χ3n) is 2.32. The highest BCUT2D eigenvalue weighted by molar-refractivity contribution is 6.35. The van der Waals surface area contributed by atoms with Gasteiger partial charge in [0, 0.05) is 13.0 Å². The van der Waals surface area contributed by atoms with Gasteiger partial charge in [0.15, 0.2) is 5.78 Å². The Morgan fingerprint density at radius 1 is 1.47 bits per heavy atom. The number of hydrogen-bond donors (Lipinski definition) is 2. The average Bonchev–Trinajstić information content (AvgIpc) is 2.17. The molecule has 15 heavy (non-hydrogen) atoms. The largest absolute Gasteiger partial charge is 0.478 e. The number of nitrogens with one attached hydrogen (secondary N) is 1. The Kier molecular flexibility index (Phi) is 2.36. The summed E-state index contributed by atoms with van der Waals surface area (Å²) in [4.78, 5) is 22.5. The van der Waals surface area contributed by atoms with Crippen molar-refractivity contribution in [3.63, 3.8) is 0 Å². The van der Waals surface area contributed by atoms with Gasteiger partial charge in [-0.2, -0.15) is 0 Å². The van der Waals surface area contributed by atoms with Gasteiger partial charge in [0.2, 0.25) is 0 Å². The summed E-state index contributed by atoms with van der Waals surface area (Å²) in [7, 11) is 0. The van der Waals surface area contributed by atoms with Crippen molar-refractivity contribution in [2.75, 3.05) is 11.9 Å². The Balaban J connectivity index is 2.69. The van der Waals surface area contributed by atoms with Crippen LogP contribution in [-0.4, -0.2) is 23.4 Å². The van der Waals surface area contributed by atoms with Gasteiger partial charge in [0.1, 0.15) is 0 Å². The molecule has 1 heterocycles. The summed E-state index contributed by atoms with van der Waals surface area (Å²) >= 11 is 5.86. The molecule has 78 valence electrons. The van der Waals surface area contributed by atoms with E-state index in [0.717, 1.165) is 0 Å². The highest BCUT2D eigenvalue weighted by atomic mass is 35.5. The first-order valence-electron chi connectivity index (χ1n) is 4.44. The average molecular weight is 226 g/mol. The summed E-state index contributed by atoms with van der Waals surface area (Å²) in [6.07, 6.45) is 0.343. The number of rotatable bonds is 1. The summed E-state index contributed by atoms with van der Waals surface area (Å²) < 4.78 is 0. The summed E-state index contributed by atoms with van der Waals surface area (Å²) in [5.41, 5.74) is 0.719. The van der Waals surface area contributed by atoms with E-state index in [4.69, 9.17) is 16.7 Å². The Labute approximate surface area is 90.9 Å². The summed E-state index contributed by atoms with van der Waals surface area (Å²) in [6, 6.07) is 2.84. The second-order valence-corrected chi connectivity index (χ2v) is 3.66. The molecule has 0 saturated heterocycles. The number of fused-ring (bicyclic) bond motifs is 1. The summed E-state index contributed by atoms with van der Waals surface area (Å²) in [5, 5.41) is 12.1. The van der Waals surface area contributed by atoms with Crippen molar-refractivity contribution in [2.45, 2.75) is 6.42 Å². The van der Waals surface area contributed by atoms with Crippen LogP contribution in [0.25, 0.3) is 0 Å². The van der Waals surface area contributed by atoms with Gasteiger partial charge in [0.05, 0.1) is 21.8 Å². The molecule has 0 fully saturated rings. The van der Waals surface area contributed by atoms with Crippen LogP contribution in [0.3, 0.4) is 0 Å². The number of hydrogen-bond acceptors (Lipinski definition) is 3. The lowest BCUT2D eigenvalue weighted by Gasteiger charge is -2.19. The maximum absolute atomic E-state index is 11.6. The molecule has 0 unspecified atom stereocenters. The minimum Gasteiger partial charge on any atom is -0.478 e. The Morgan fingerprint density at radius 3 is 2.87 bits per heavy atom. The van der Waals surface area contributed by atoms with Crippen LogP contribution in [-0.2, 0) is 0 Å². The third kappa shape index (κ3) is 1.57. The van der Waals surface area contributed by atoms with Gasteiger partial charge in [0.25, 0.3) is 0 Å². The van der Waals surface area contributed by atoms with Crippen molar-refractivity contribution in [1.82, 2.24) is 0 Å². The van der Waals surface area contributed by atoms with Crippen LogP contribution in [0.1, 0.15) is 27.1 Å². The summed E-state index contributed by atoms with van der Waals surface area (Å²) in [6.45, 7) is 0.451. The smallest absolute Gasteiger partial charge is 0.337 e. The van der Waals surface area contributed by atoms with E-state index in [2.05, 4.69) is 5.32 Å². The Hall–Kier alpha value is -1.55. The third-order valence-corrected chi connectivity index (χ3v) is 2.63. The van der Waals surface area contributed by atoms with Gasteiger partial charge >= 0.3 is 5.97 Å². The number of halogens is 1. The minimum atomic E-state index is -1.06. The molecular formula is C10H8ClNO3. The summed E-state index contributed by atoms with van der Waals surface area (Å²) in [5.74, 6) is -1.18. The molecule has 5 heteroatoms. The second-order valence-electron chi connectivity index (χ2n) is 3.25. The lowest BCUT2D eigenvalue weighted by molar-refractivity contribution is 0.0698. The number of carbonyl (C=O) groups excluding carboxylic acids is 1. The molecule has 0 radical (unpaired) electrons. The highest BCUT2D eigenvalue weighted by Crippen LogP contribution is 2.32. The normalized spacial score (nSPS) is 14.3. The molecule has 0 bridgehead atoms. The highest BCUT2D eigenvalue weighted by Gasteiger charge is 2.24. The Bertz CT molecular complexity index is 456. The molecule has 1 aromatic rings. The molecule has 4 nitrogen and oxygen atoms in total. The van der Waals surface area contributed by atoms with E-state index in [9.17, 15) is 9.59 Å². The molecule has 0 atom stereocenters. The van der Waals surface area contributed by atoms with E-state index in [1.807, 2.05) is 0 Å². The molecule has 2 rings (SSSR count). The fourth-order valence-electron chi connectivity index (χ4n) is 1.64. The zero-order valence-corrected chi connectivity index (χ0v) is 8.47. The van der Waals surface area contributed by atoms with Crippen molar-refractivity contribution >= 4 is 29.0 Å². The monoisotopic (exact) mass is 225 g/mol. The van der Waals surface area contributed by atoms with Crippen molar-refractivity contribution in [3.8, 4) is 0 Å². The first-order chi connectivity index (χ1) is 7.11. The molecule has 0 spiro atoms. The SMILES string of the molecule is O=C(O)c1ccc(Cl)c2c1NCCC2=O. The maximum atomic E-state index is 11.6.